The van der Waals surface area contributed by atoms with E-state index < -0.39 is 5.97 Å². The lowest BCUT2D eigenvalue weighted by molar-refractivity contribution is -0.145. The summed E-state index contributed by atoms with van der Waals surface area (Å²) in [7, 11) is 0. The molecule has 0 aliphatic rings. The normalized spacial score (nSPS) is 10.8. The van der Waals surface area contributed by atoms with Crippen molar-refractivity contribution in [2.45, 2.75) is 26.4 Å². The van der Waals surface area contributed by atoms with Crippen molar-refractivity contribution in [3.05, 3.63) is 64.6 Å². The molecule has 0 aliphatic heterocycles. The maximum Gasteiger partial charge on any atom is 0.306 e. The average Bonchev–Trinajstić information content (AvgIpc) is 3.22. The first kappa shape index (κ1) is 16.4. The number of carbonyl (C=O) groups excluding carboxylic acids is 1. The van der Waals surface area contributed by atoms with E-state index in [0.29, 0.717) is 29.3 Å². The smallest absolute Gasteiger partial charge is 0.306 e. The molecule has 3 aromatic rings. The lowest BCUT2D eigenvalue weighted by Crippen LogP contribution is -2.07. The number of hydrogen-bond donors (Lipinski definition) is 0. The number of nitrogens with zero attached hydrogens (tertiary/aromatic N) is 1. The van der Waals surface area contributed by atoms with E-state index >= 15 is 0 Å². The number of aryl methyl sites for hydroxylation is 2. The minimum absolute atomic E-state index is 0.0524. The number of thiophene rings is 1. The lowest BCUT2D eigenvalue weighted by Gasteiger charge is -2.04. The van der Waals surface area contributed by atoms with E-state index in [9.17, 15) is 9.18 Å². The third-order valence-corrected chi connectivity index (χ3v) is 4.41. The van der Waals surface area contributed by atoms with Crippen LogP contribution >= 0.6 is 11.3 Å². The number of ether oxygens (including phenoxy) is 1. The molecule has 0 amide bonds. The second-order valence-electron chi connectivity index (χ2n) is 5.25. The topological polar surface area (TPSA) is 52.3 Å². The highest BCUT2D eigenvalue weighted by atomic mass is 32.1. The number of hydrogen-bond acceptors (Lipinski definition) is 5. The van der Waals surface area contributed by atoms with Crippen LogP contribution in [-0.4, -0.2) is 11.0 Å². The van der Waals surface area contributed by atoms with Gasteiger partial charge in [0.2, 0.25) is 5.89 Å². The SMILES string of the molecule is Cc1oc(-c2cccs2)nc1COC(=O)CCc1ccccc1F. The first-order chi connectivity index (χ1) is 11.6. The highest BCUT2D eigenvalue weighted by Crippen LogP contribution is 2.26. The zero-order valence-corrected chi connectivity index (χ0v) is 13.9. The molecule has 2 heterocycles. The van der Waals surface area contributed by atoms with Gasteiger partial charge in [-0.3, -0.25) is 4.79 Å². The van der Waals surface area contributed by atoms with E-state index in [1.165, 1.54) is 17.4 Å². The molecule has 2 aromatic heterocycles. The third kappa shape index (κ3) is 3.89. The average molecular weight is 345 g/mol. The Morgan fingerprint density at radius 1 is 1.29 bits per heavy atom. The lowest BCUT2D eigenvalue weighted by atomic mass is 10.1. The second kappa shape index (κ2) is 7.40. The molecule has 6 heteroatoms. The van der Waals surface area contributed by atoms with Gasteiger partial charge in [-0.05, 0) is 36.4 Å². The molecule has 0 N–H and O–H groups in total. The minimum Gasteiger partial charge on any atom is -0.459 e. The van der Waals surface area contributed by atoms with Crippen molar-refractivity contribution < 1.29 is 18.3 Å². The molecule has 0 radical (unpaired) electrons. The quantitative estimate of drug-likeness (QED) is 0.616. The molecular weight excluding hydrogens is 329 g/mol. The largest absolute Gasteiger partial charge is 0.459 e. The van der Waals surface area contributed by atoms with Crippen LogP contribution in [0.1, 0.15) is 23.4 Å². The standard InChI is InChI=1S/C18H16FNO3S/c1-12-15(20-18(23-12)16-7-4-10-24-16)11-22-17(21)9-8-13-5-2-3-6-14(13)19/h2-7,10H,8-9,11H2,1H3. The highest BCUT2D eigenvalue weighted by molar-refractivity contribution is 7.13. The summed E-state index contributed by atoms with van der Waals surface area (Å²) in [6, 6.07) is 10.2. The van der Waals surface area contributed by atoms with Crippen molar-refractivity contribution in [2.75, 3.05) is 0 Å². The van der Waals surface area contributed by atoms with Crippen molar-refractivity contribution in [3.63, 3.8) is 0 Å². The van der Waals surface area contributed by atoms with Crippen LogP contribution in [0.3, 0.4) is 0 Å². The number of rotatable bonds is 6. The molecule has 124 valence electrons. The Balaban J connectivity index is 1.54. The molecule has 0 fully saturated rings. The Morgan fingerprint density at radius 3 is 2.88 bits per heavy atom. The minimum atomic E-state index is -0.390. The van der Waals surface area contributed by atoms with E-state index in [1.807, 2.05) is 17.5 Å². The predicted octanol–water partition coefficient (Wildman–Crippen LogP) is 4.53. The molecule has 24 heavy (non-hydrogen) atoms. The summed E-state index contributed by atoms with van der Waals surface area (Å²) in [4.78, 5) is 17.1. The molecular formula is C18H16FNO3S. The molecule has 0 saturated heterocycles. The summed E-state index contributed by atoms with van der Waals surface area (Å²) >= 11 is 1.53. The number of aromatic nitrogens is 1. The van der Waals surface area contributed by atoms with Gasteiger partial charge in [-0.1, -0.05) is 24.3 Å². The van der Waals surface area contributed by atoms with Gasteiger partial charge < -0.3 is 9.15 Å². The summed E-state index contributed by atoms with van der Waals surface area (Å²) in [6.45, 7) is 1.84. The van der Waals surface area contributed by atoms with Gasteiger partial charge in [-0.2, -0.15) is 0 Å². The van der Waals surface area contributed by atoms with Crippen LogP contribution in [0.2, 0.25) is 0 Å². The summed E-state index contributed by atoms with van der Waals surface area (Å²) in [5.41, 5.74) is 1.10. The second-order valence-corrected chi connectivity index (χ2v) is 6.20. The van der Waals surface area contributed by atoms with Crippen LogP contribution in [0.4, 0.5) is 4.39 Å². The number of halogens is 1. The highest BCUT2D eigenvalue weighted by Gasteiger charge is 2.14. The van der Waals surface area contributed by atoms with Crippen molar-refractivity contribution >= 4 is 17.3 Å². The Bertz CT molecular complexity index is 827. The van der Waals surface area contributed by atoms with Crippen molar-refractivity contribution in [2.24, 2.45) is 0 Å². The Morgan fingerprint density at radius 2 is 2.12 bits per heavy atom. The molecule has 0 unspecified atom stereocenters. The van der Waals surface area contributed by atoms with Gasteiger partial charge in [0.25, 0.3) is 0 Å². The molecule has 0 bridgehead atoms. The molecule has 0 spiro atoms. The van der Waals surface area contributed by atoms with Gasteiger partial charge in [-0.15, -0.1) is 11.3 Å². The third-order valence-electron chi connectivity index (χ3n) is 3.55. The predicted molar refractivity (Wildman–Crippen MR) is 89.1 cm³/mol. The van der Waals surface area contributed by atoms with Crippen molar-refractivity contribution in [3.8, 4) is 10.8 Å². The Hall–Kier alpha value is -2.47. The number of esters is 1. The van der Waals surface area contributed by atoms with E-state index in [-0.39, 0.29) is 18.8 Å². The van der Waals surface area contributed by atoms with Gasteiger partial charge in [0.1, 0.15) is 23.9 Å². The van der Waals surface area contributed by atoms with Gasteiger partial charge in [0.15, 0.2) is 0 Å². The van der Waals surface area contributed by atoms with Crippen LogP contribution in [0, 0.1) is 12.7 Å². The van der Waals surface area contributed by atoms with Crippen LogP contribution in [-0.2, 0) is 22.6 Å². The Kier molecular flexibility index (Phi) is 5.05. The van der Waals surface area contributed by atoms with Gasteiger partial charge in [-0.25, -0.2) is 9.37 Å². The molecule has 1 aromatic carbocycles. The van der Waals surface area contributed by atoms with Crippen LogP contribution in [0.5, 0.6) is 0 Å². The van der Waals surface area contributed by atoms with Gasteiger partial charge in [0.05, 0.1) is 4.88 Å². The monoisotopic (exact) mass is 345 g/mol. The summed E-state index contributed by atoms with van der Waals surface area (Å²) in [5, 5.41) is 1.94. The van der Waals surface area contributed by atoms with Crippen LogP contribution in [0.25, 0.3) is 10.8 Å². The van der Waals surface area contributed by atoms with E-state index in [2.05, 4.69) is 4.98 Å². The summed E-state index contributed by atoms with van der Waals surface area (Å²) in [6.07, 6.45) is 0.430. The molecule has 0 atom stereocenters. The molecule has 4 nitrogen and oxygen atoms in total. The molecule has 3 rings (SSSR count). The summed E-state index contributed by atoms with van der Waals surface area (Å²) < 4.78 is 24.3. The van der Waals surface area contributed by atoms with Gasteiger partial charge in [0, 0.05) is 6.42 Å². The zero-order valence-electron chi connectivity index (χ0n) is 13.1. The first-order valence-corrected chi connectivity index (χ1v) is 8.40. The maximum atomic E-state index is 13.5. The first-order valence-electron chi connectivity index (χ1n) is 7.52. The van der Waals surface area contributed by atoms with E-state index in [0.717, 1.165) is 4.88 Å². The fourth-order valence-electron chi connectivity index (χ4n) is 2.23. The van der Waals surface area contributed by atoms with Crippen molar-refractivity contribution in [1.82, 2.24) is 4.98 Å². The Labute approximate surface area is 142 Å². The summed E-state index contributed by atoms with van der Waals surface area (Å²) in [5.74, 6) is 0.455. The number of carbonyl (C=O) groups is 1. The van der Waals surface area contributed by atoms with Crippen molar-refractivity contribution in [1.29, 1.82) is 0 Å². The van der Waals surface area contributed by atoms with E-state index in [4.69, 9.17) is 9.15 Å². The van der Waals surface area contributed by atoms with Crippen LogP contribution < -0.4 is 0 Å². The number of oxazole rings is 1. The van der Waals surface area contributed by atoms with Gasteiger partial charge >= 0.3 is 5.97 Å². The maximum absolute atomic E-state index is 13.5. The fraction of sp³-hybridized carbons (Fsp3) is 0.222. The van der Waals surface area contributed by atoms with Crippen LogP contribution in [0.15, 0.2) is 46.2 Å². The number of benzene rings is 1. The fourth-order valence-corrected chi connectivity index (χ4v) is 2.88. The molecule has 0 saturated carbocycles. The zero-order chi connectivity index (χ0) is 16.9. The molecule has 0 aliphatic carbocycles. The van der Waals surface area contributed by atoms with E-state index in [1.54, 1.807) is 25.1 Å².